The lowest BCUT2D eigenvalue weighted by Crippen LogP contribution is -2.18. The lowest BCUT2D eigenvalue weighted by molar-refractivity contribution is -0.136. The van der Waals surface area contributed by atoms with E-state index in [9.17, 15) is 4.79 Å². The standard InChI is InChI=1S/C14H21NO2/c1-3-12(4-2)15-13-8-6-5-7-11(13)9-10-14(16)17/h5-8,12,15H,3-4,9-10H2,1-2H3,(H,16,17). The molecular weight excluding hydrogens is 214 g/mol. The van der Waals surface area contributed by atoms with Gasteiger partial charge in [0.05, 0.1) is 0 Å². The van der Waals surface area contributed by atoms with Crippen molar-refractivity contribution in [1.82, 2.24) is 0 Å². The number of aliphatic carboxylic acids is 1. The van der Waals surface area contributed by atoms with Crippen LogP contribution in [-0.2, 0) is 11.2 Å². The minimum Gasteiger partial charge on any atom is -0.481 e. The Morgan fingerprint density at radius 1 is 1.29 bits per heavy atom. The predicted octanol–water partition coefficient (Wildman–Crippen LogP) is 3.30. The van der Waals surface area contributed by atoms with Gasteiger partial charge in [0, 0.05) is 18.2 Å². The first-order chi connectivity index (χ1) is 8.17. The maximum absolute atomic E-state index is 10.6. The highest BCUT2D eigenvalue weighted by atomic mass is 16.4. The van der Waals surface area contributed by atoms with Crippen LogP contribution in [0.2, 0.25) is 0 Å². The Balaban J connectivity index is 2.72. The van der Waals surface area contributed by atoms with Crippen LogP contribution in [0.4, 0.5) is 5.69 Å². The van der Waals surface area contributed by atoms with Crippen LogP contribution in [0.25, 0.3) is 0 Å². The topological polar surface area (TPSA) is 49.3 Å². The van der Waals surface area contributed by atoms with Gasteiger partial charge in [-0.3, -0.25) is 4.79 Å². The van der Waals surface area contributed by atoms with E-state index in [4.69, 9.17) is 5.11 Å². The van der Waals surface area contributed by atoms with Gasteiger partial charge in [0.25, 0.3) is 0 Å². The molecule has 0 bridgehead atoms. The molecule has 1 rings (SSSR count). The van der Waals surface area contributed by atoms with Gasteiger partial charge in [0.1, 0.15) is 0 Å². The van der Waals surface area contributed by atoms with Gasteiger partial charge in [-0.15, -0.1) is 0 Å². The van der Waals surface area contributed by atoms with Crippen LogP contribution in [0, 0.1) is 0 Å². The van der Waals surface area contributed by atoms with Gasteiger partial charge < -0.3 is 10.4 Å². The maximum Gasteiger partial charge on any atom is 0.303 e. The molecule has 3 heteroatoms. The minimum atomic E-state index is -0.748. The molecule has 1 aromatic rings. The first-order valence-electron chi connectivity index (χ1n) is 6.23. The molecule has 0 fully saturated rings. The molecule has 0 amide bonds. The number of para-hydroxylation sites is 1. The highest BCUT2D eigenvalue weighted by Crippen LogP contribution is 2.19. The first-order valence-corrected chi connectivity index (χ1v) is 6.23. The number of carboxylic acids is 1. The molecule has 0 saturated heterocycles. The lowest BCUT2D eigenvalue weighted by atomic mass is 10.1. The monoisotopic (exact) mass is 235 g/mol. The summed E-state index contributed by atoms with van der Waals surface area (Å²) in [6.07, 6.45) is 2.91. The summed E-state index contributed by atoms with van der Waals surface area (Å²) in [5, 5.41) is 12.2. The van der Waals surface area contributed by atoms with Gasteiger partial charge in [-0.25, -0.2) is 0 Å². The number of carbonyl (C=O) groups is 1. The molecule has 3 nitrogen and oxygen atoms in total. The molecule has 0 atom stereocenters. The zero-order valence-corrected chi connectivity index (χ0v) is 10.6. The summed E-state index contributed by atoms with van der Waals surface area (Å²) in [7, 11) is 0. The van der Waals surface area contributed by atoms with Gasteiger partial charge >= 0.3 is 5.97 Å². The lowest BCUT2D eigenvalue weighted by Gasteiger charge is -2.18. The van der Waals surface area contributed by atoms with Crippen LogP contribution >= 0.6 is 0 Å². The second-order valence-corrected chi connectivity index (χ2v) is 4.21. The molecule has 0 aromatic heterocycles. The molecule has 0 aliphatic rings. The smallest absolute Gasteiger partial charge is 0.303 e. The Morgan fingerprint density at radius 2 is 1.94 bits per heavy atom. The number of nitrogens with one attached hydrogen (secondary N) is 1. The van der Waals surface area contributed by atoms with Crippen molar-refractivity contribution in [3.63, 3.8) is 0 Å². The second kappa shape index (κ2) is 6.94. The van der Waals surface area contributed by atoms with E-state index in [0.29, 0.717) is 12.5 Å². The van der Waals surface area contributed by atoms with Crippen LogP contribution in [-0.4, -0.2) is 17.1 Å². The SMILES string of the molecule is CCC(CC)Nc1ccccc1CCC(=O)O. The van der Waals surface area contributed by atoms with Crippen LogP contribution in [0.3, 0.4) is 0 Å². The fraction of sp³-hybridized carbons (Fsp3) is 0.500. The fourth-order valence-corrected chi connectivity index (χ4v) is 1.83. The van der Waals surface area contributed by atoms with Gasteiger partial charge in [-0.1, -0.05) is 32.0 Å². The summed E-state index contributed by atoms with van der Waals surface area (Å²) in [5.41, 5.74) is 2.16. The summed E-state index contributed by atoms with van der Waals surface area (Å²) < 4.78 is 0. The second-order valence-electron chi connectivity index (χ2n) is 4.21. The van der Waals surface area contributed by atoms with E-state index in [-0.39, 0.29) is 6.42 Å². The number of anilines is 1. The van der Waals surface area contributed by atoms with Crippen molar-refractivity contribution in [3.8, 4) is 0 Å². The van der Waals surface area contributed by atoms with Crippen LogP contribution in [0.15, 0.2) is 24.3 Å². The zero-order valence-electron chi connectivity index (χ0n) is 10.6. The van der Waals surface area contributed by atoms with E-state index in [1.807, 2.05) is 24.3 Å². The number of aryl methyl sites for hydroxylation is 1. The maximum atomic E-state index is 10.6. The van der Waals surface area contributed by atoms with Crippen molar-refractivity contribution in [2.24, 2.45) is 0 Å². The van der Waals surface area contributed by atoms with E-state index >= 15 is 0 Å². The van der Waals surface area contributed by atoms with Crippen molar-refractivity contribution < 1.29 is 9.90 Å². The summed E-state index contributed by atoms with van der Waals surface area (Å²) in [5.74, 6) is -0.748. The van der Waals surface area contributed by atoms with Gasteiger partial charge in [-0.05, 0) is 30.9 Å². The average molecular weight is 235 g/mol. The number of carboxylic acid groups (broad SMARTS) is 1. The first kappa shape index (κ1) is 13.6. The Kier molecular flexibility index (Phi) is 5.53. The molecule has 94 valence electrons. The third-order valence-electron chi connectivity index (χ3n) is 2.97. The third-order valence-corrected chi connectivity index (χ3v) is 2.97. The highest BCUT2D eigenvalue weighted by Gasteiger charge is 2.08. The molecule has 0 unspecified atom stereocenters. The Hall–Kier alpha value is -1.51. The Labute approximate surface area is 103 Å². The molecule has 0 aliphatic heterocycles. The summed E-state index contributed by atoms with van der Waals surface area (Å²) in [4.78, 5) is 10.6. The van der Waals surface area contributed by atoms with Crippen molar-refractivity contribution >= 4 is 11.7 Å². The number of benzene rings is 1. The molecule has 0 saturated carbocycles. The number of rotatable bonds is 7. The van der Waals surface area contributed by atoms with Crippen LogP contribution < -0.4 is 5.32 Å². The van der Waals surface area contributed by atoms with Crippen LogP contribution in [0.5, 0.6) is 0 Å². The normalized spacial score (nSPS) is 10.5. The van der Waals surface area contributed by atoms with E-state index in [2.05, 4.69) is 19.2 Å². The quantitative estimate of drug-likeness (QED) is 0.762. The molecule has 17 heavy (non-hydrogen) atoms. The highest BCUT2D eigenvalue weighted by molar-refractivity contribution is 5.67. The fourth-order valence-electron chi connectivity index (χ4n) is 1.83. The van der Waals surface area contributed by atoms with Gasteiger partial charge in [0.15, 0.2) is 0 Å². The number of hydrogen-bond donors (Lipinski definition) is 2. The van der Waals surface area contributed by atoms with E-state index < -0.39 is 5.97 Å². The average Bonchev–Trinajstić information content (AvgIpc) is 2.34. The molecule has 0 radical (unpaired) electrons. The summed E-state index contributed by atoms with van der Waals surface area (Å²) >= 11 is 0. The van der Waals surface area contributed by atoms with Crippen molar-refractivity contribution in [2.45, 2.75) is 45.6 Å². The minimum absolute atomic E-state index is 0.182. The zero-order chi connectivity index (χ0) is 12.7. The van der Waals surface area contributed by atoms with E-state index in [1.165, 1.54) is 0 Å². The molecule has 0 aliphatic carbocycles. The van der Waals surface area contributed by atoms with E-state index in [1.54, 1.807) is 0 Å². The Bertz CT molecular complexity index is 359. The van der Waals surface area contributed by atoms with Crippen LogP contribution in [0.1, 0.15) is 38.7 Å². The molecule has 2 N–H and O–H groups in total. The molecular formula is C14H21NO2. The molecule has 1 aromatic carbocycles. The van der Waals surface area contributed by atoms with Crippen molar-refractivity contribution in [2.75, 3.05) is 5.32 Å². The van der Waals surface area contributed by atoms with E-state index in [0.717, 1.165) is 24.1 Å². The molecule has 0 heterocycles. The number of hydrogen-bond acceptors (Lipinski definition) is 2. The molecule has 0 spiro atoms. The van der Waals surface area contributed by atoms with Crippen molar-refractivity contribution in [1.29, 1.82) is 0 Å². The summed E-state index contributed by atoms with van der Waals surface area (Å²) in [6, 6.07) is 8.41. The summed E-state index contributed by atoms with van der Waals surface area (Å²) in [6.45, 7) is 4.31. The Morgan fingerprint density at radius 3 is 2.53 bits per heavy atom. The van der Waals surface area contributed by atoms with Gasteiger partial charge in [-0.2, -0.15) is 0 Å². The van der Waals surface area contributed by atoms with Gasteiger partial charge in [0.2, 0.25) is 0 Å². The third kappa shape index (κ3) is 4.47. The van der Waals surface area contributed by atoms with Crippen molar-refractivity contribution in [3.05, 3.63) is 29.8 Å². The predicted molar refractivity (Wildman–Crippen MR) is 70.4 cm³/mol. The largest absolute Gasteiger partial charge is 0.481 e.